The Balaban J connectivity index is 1.36. The zero-order valence-corrected chi connectivity index (χ0v) is 18.5. The van der Waals surface area contributed by atoms with Crippen molar-refractivity contribution >= 4 is 17.5 Å². The minimum atomic E-state index is -0.412. The summed E-state index contributed by atoms with van der Waals surface area (Å²) in [4.78, 5) is 22.1. The molecule has 0 bridgehead atoms. The number of carbonyl (C=O) groups excluding carboxylic acids is 1. The van der Waals surface area contributed by atoms with E-state index < -0.39 is 5.41 Å². The molecule has 0 aliphatic heterocycles. The molecular formula is C24H30ClN3O2. The minimum absolute atomic E-state index is 0.107. The smallest absolute Gasteiger partial charge is 0.317 e. The summed E-state index contributed by atoms with van der Waals surface area (Å²) in [5.41, 5.74) is 2.51. The van der Waals surface area contributed by atoms with E-state index in [9.17, 15) is 4.79 Å². The van der Waals surface area contributed by atoms with Gasteiger partial charge in [-0.1, -0.05) is 36.6 Å². The Labute approximate surface area is 183 Å². The lowest BCUT2D eigenvalue weighted by Crippen LogP contribution is -2.48. The van der Waals surface area contributed by atoms with Gasteiger partial charge >= 0.3 is 6.01 Å². The first kappa shape index (κ1) is 21.1. The van der Waals surface area contributed by atoms with Gasteiger partial charge in [-0.25, -0.2) is 9.97 Å². The van der Waals surface area contributed by atoms with Crippen molar-refractivity contribution in [2.75, 3.05) is 0 Å². The number of ether oxygens (including phenoxy) is 1. The number of carbonyl (C=O) groups is 1. The Morgan fingerprint density at radius 1 is 1.03 bits per heavy atom. The predicted octanol–water partition coefficient (Wildman–Crippen LogP) is 5.07. The van der Waals surface area contributed by atoms with Gasteiger partial charge in [-0.05, 0) is 76.1 Å². The summed E-state index contributed by atoms with van der Waals surface area (Å²) in [6.07, 6.45) is 7.72. The lowest BCUT2D eigenvalue weighted by molar-refractivity contribution is -0.127. The molecule has 1 amide bonds. The highest BCUT2D eigenvalue weighted by Crippen LogP contribution is 2.42. The van der Waals surface area contributed by atoms with Gasteiger partial charge in [-0.15, -0.1) is 0 Å². The second-order valence-electron chi connectivity index (χ2n) is 8.79. The second kappa shape index (κ2) is 8.93. The van der Waals surface area contributed by atoms with Gasteiger partial charge in [0.05, 0.1) is 5.41 Å². The van der Waals surface area contributed by atoms with Crippen molar-refractivity contribution in [1.29, 1.82) is 0 Å². The molecule has 1 heterocycles. The van der Waals surface area contributed by atoms with E-state index in [1.807, 2.05) is 44.2 Å². The molecule has 2 aromatic rings. The molecule has 0 spiro atoms. The van der Waals surface area contributed by atoms with E-state index in [1.54, 1.807) is 0 Å². The molecule has 5 nitrogen and oxygen atoms in total. The van der Waals surface area contributed by atoms with E-state index in [4.69, 9.17) is 16.3 Å². The van der Waals surface area contributed by atoms with E-state index in [-0.39, 0.29) is 18.1 Å². The van der Waals surface area contributed by atoms with Crippen LogP contribution in [-0.4, -0.2) is 28.0 Å². The third-order valence-electron chi connectivity index (χ3n) is 6.53. The summed E-state index contributed by atoms with van der Waals surface area (Å²) in [5.74, 6) is 0.171. The van der Waals surface area contributed by atoms with Crippen LogP contribution in [0.1, 0.15) is 68.3 Å². The highest BCUT2D eigenvalue weighted by Gasteiger charge is 2.43. The molecule has 4 rings (SSSR count). The van der Waals surface area contributed by atoms with Crippen LogP contribution >= 0.6 is 11.6 Å². The number of hydrogen-bond donors (Lipinski definition) is 1. The SMILES string of the molecule is Cc1cc(C)nc(OC2CCC(NC(=O)C3(c4ccc(Cl)cc4)CCCC3)CC2)n1. The van der Waals surface area contributed by atoms with E-state index in [2.05, 4.69) is 15.3 Å². The van der Waals surface area contributed by atoms with E-state index in [0.717, 1.165) is 68.3 Å². The van der Waals surface area contributed by atoms with Crippen molar-refractivity contribution in [3.63, 3.8) is 0 Å². The van der Waals surface area contributed by atoms with Crippen LogP contribution in [-0.2, 0) is 10.2 Å². The summed E-state index contributed by atoms with van der Waals surface area (Å²) in [6, 6.07) is 10.4. The van der Waals surface area contributed by atoms with E-state index in [1.165, 1.54) is 0 Å². The Kier molecular flexibility index (Phi) is 6.28. The van der Waals surface area contributed by atoms with Crippen molar-refractivity contribution in [2.24, 2.45) is 0 Å². The maximum absolute atomic E-state index is 13.4. The summed E-state index contributed by atoms with van der Waals surface area (Å²) in [5, 5.41) is 4.07. The lowest BCUT2D eigenvalue weighted by Gasteiger charge is -2.34. The molecule has 6 heteroatoms. The zero-order valence-electron chi connectivity index (χ0n) is 17.8. The van der Waals surface area contributed by atoms with E-state index >= 15 is 0 Å². The first-order valence-electron chi connectivity index (χ1n) is 11.0. The summed E-state index contributed by atoms with van der Waals surface area (Å²) >= 11 is 6.07. The van der Waals surface area contributed by atoms with Gasteiger partial charge in [0, 0.05) is 22.5 Å². The first-order valence-corrected chi connectivity index (χ1v) is 11.4. The molecule has 30 heavy (non-hydrogen) atoms. The molecular weight excluding hydrogens is 398 g/mol. The van der Waals surface area contributed by atoms with Gasteiger partial charge in [0.25, 0.3) is 0 Å². The second-order valence-corrected chi connectivity index (χ2v) is 9.23. The Morgan fingerprint density at radius 3 is 2.23 bits per heavy atom. The fourth-order valence-electron chi connectivity index (χ4n) is 4.94. The zero-order chi connectivity index (χ0) is 21.1. The van der Waals surface area contributed by atoms with Crippen molar-refractivity contribution in [3.8, 4) is 6.01 Å². The van der Waals surface area contributed by atoms with Crippen LogP contribution < -0.4 is 10.1 Å². The molecule has 0 radical (unpaired) electrons. The van der Waals surface area contributed by atoms with Crippen LogP contribution in [0, 0.1) is 13.8 Å². The fraction of sp³-hybridized carbons (Fsp3) is 0.542. The number of hydrogen-bond acceptors (Lipinski definition) is 4. The van der Waals surface area contributed by atoms with Crippen molar-refractivity contribution < 1.29 is 9.53 Å². The topological polar surface area (TPSA) is 64.1 Å². The highest BCUT2D eigenvalue weighted by atomic mass is 35.5. The van der Waals surface area contributed by atoms with Crippen LogP contribution in [0.2, 0.25) is 5.02 Å². The highest BCUT2D eigenvalue weighted by molar-refractivity contribution is 6.30. The molecule has 1 N–H and O–H groups in total. The van der Waals surface area contributed by atoms with Gasteiger partial charge < -0.3 is 10.1 Å². The van der Waals surface area contributed by atoms with Gasteiger partial charge in [-0.2, -0.15) is 0 Å². The first-order chi connectivity index (χ1) is 14.4. The normalized spacial score (nSPS) is 23.2. The molecule has 2 aliphatic rings. The molecule has 2 aliphatic carbocycles. The fourth-order valence-corrected chi connectivity index (χ4v) is 5.06. The van der Waals surface area contributed by atoms with Gasteiger partial charge in [0.2, 0.25) is 5.91 Å². The molecule has 2 saturated carbocycles. The van der Waals surface area contributed by atoms with Crippen LogP contribution in [0.4, 0.5) is 0 Å². The van der Waals surface area contributed by atoms with E-state index in [0.29, 0.717) is 11.0 Å². The van der Waals surface area contributed by atoms with Gasteiger partial charge in [0.1, 0.15) is 6.10 Å². The monoisotopic (exact) mass is 427 g/mol. The number of nitrogens with zero attached hydrogens (tertiary/aromatic N) is 2. The molecule has 2 fully saturated rings. The summed E-state index contributed by atoms with van der Waals surface area (Å²) < 4.78 is 6.02. The van der Waals surface area contributed by atoms with Crippen LogP contribution in [0.25, 0.3) is 0 Å². The predicted molar refractivity (Wildman–Crippen MR) is 118 cm³/mol. The molecule has 0 unspecified atom stereocenters. The maximum Gasteiger partial charge on any atom is 0.317 e. The molecule has 160 valence electrons. The number of aryl methyl sites for hydroxylation is 2. The number of rotatable bonds is 5. The average molecular weight is 428 g/mol. The number of benzene rings is 1. The largest absolute Gasteiger partial charge is 0.460 e. The molecule has 0 atom stereocenters. The number of aromatic nitrogens is 2. The third-order valence-corrected chi connectivity index (χ3v) is 6.78. The van der Waals surface area contributed by atoms with Crippen molar-refractivity contribution in [3.05, 3.63) is 52.3 Å². The number of halogens is 1. The average Bonchev–Trinajstić information content (AvgIpc) is 3.20. The van der Waals surface area contributed by atoms with Gasteiger partial charge in [0.15, 0.2) is 0 Å². The summed E-state index contributed by atoms with van der Waals surface area (Å²) in [6.45, 7) is 3.90. The molecule has 1 aromatic carbocycles. The van der Waals surface area contributed by atoms with Gasteiger partial charge in [-0.3, -0.25) is 4.79 Å². The standard InChI is InChI=1S/C24H30ClN3O2/c1-16-15-17(2)27-23(26-16)30-21-11-9-20(10-12-21)28-22(29)24(13-3-4-14-24)18-5-7-19(25)8-6-18/h5-8,15,20-21H,3-4,9-14H2,1-2H3,(H,28,29). The quantitative estimate of drug-likeness (QED) is 0.723. The molecule has 1 aromatic heterocycles. The number of amides is 1. The van der Waals surface area contributed by atoms with Crippen LogP contribution in [0.3, 0.4) is 0 Å². The third kappa shape index (κ3) is 4.61. The molecule has 0 saturated heterocycles. The Bertz CT molecular complexity index is 866. The Morgan fingerprint density at radius 2 is 1.63 bits per heavy atom. The number of nitrogens with one attached hydrogen (secondary N) is 1. The van der Waals surface area contributed by atoms with Crippen LogP contribution in [0.15, 0.2) is 30.3 Å². The van der Waals surface area contributed by atoms with Crippen molar-refractivity contribution in [1.82, 2.24) is 15.3 Å². The Hall–Kier alpha value is -2.14. The summed E-state index contributed by atoms with van der Waals surface area (Å²) in [7, 11) is 0. The van der Waals surface area contributed by atoms with Crippen molar-refractivity contribution in [2.45, 2.75) is 82.8 Å². The van der Waals surface area contributed by atoms with Crippen LogP contribution in [0.5, 0.6) is 6.01 Å². The lowest BCUT2D eigenvalue weighted by atomic mass is 9.77. The minimum Gasteiger partial charge on any atom is -0.460 e. The maximum atomic E-state index is 13.4.